The average Bonchev–Trinajstić information content (AvgIpc) is 3.34. The maximum atomic E-state index is 13.4. The lowest BCUT2D eigenvalue weighted by Gasteiger charge is -2.10. The molecule has 0 aliphatic carbocycles. The molecule has 11 heteroatoms. The standard InChI is InChI=1S/C23H14Cl3N5O3/c24-16-8-7-13(11-27-16)12-31-17-6-1-2-9-30(17)22(32)18(23(31)33)14-4-3-5-15(10-14)20-28-21(19(25)26)34-29-20/h1-11,19H,12H2/p+1. The van der Waals surface area contributed by atoms with Crippen molar-refractivity contribution in [3.8, 4) is 28.4 Å². The fraction of sp³-hybridized carbons (Fsp3) is 0.0870. The van der Waals surface area contributed by atoms with Crippen LogP contribution in [0.15, 0.2) is 76.3 Å². The molecule has 5 rings (SSSR count). The summed E-state index contributed by atoms with van der Waals surface area (Å²) in [6, 6.07) is 15.6. The highest BCUT2D eigenvalue weighted by Crippen LogP contribution is 2.29. The van der Waals surface area contributed by atoms with Crippen molar-refractivity contribution in [2.24, 2.45) is 0 Å². The van der Waals surface area contributed by atoms with E-state index in [1.807, 2.05) is 0 Å². The van der Waals surface area contributed by atoms with Crippen molar-refractivity contribution >= 4 is 40.4 Å². The van der Waals surface area contributed by atoms with Crippen molar-refractivity contribution in [3.05, 3.63) is 94.0 Å². The van der Waals surface area contributed by atoms with E-state index in [0.29, 0.717) is 21.9 Å². The summed E-state index contributed by atoms with van der Waals surface area (Å²) in [5.74, 6) is 0.120. The number of aromatic nitrogens is 5. The minimum Gasteiger partial charge on any atom is -0.477 e. The van der Waals surface area contributed by atoms with Gasteiger partial charge in [-0.05, 0) is 23.8 Å². The van der Waals surface area contributed by atoms with Crippen LogP contribution >= 0.6 is 34.8 Å². The van der Waals surface area contributed by atoms with Crippen molar-refractivity contribution < 1.29 is 14.2 Å². The van der Waals surface area contributed by atoms with Gasteiger partial charge in [0.05, 0.1) is 6.20 Å². The van der Waals surface area contributed by atoms with Crippen LogP contribution in [-0.2, 0) is 6.54 Å². The smallest absolute Gasteiger partial charge is 0.354 e. The number of pyridine rings is 2. The van der Waals surface area contributed by atoms with Gasteiger partial charge in [0.1, 0.15) is 11.7 Å². The third kappa shape index (κ3) is 4.11. The Morgan fingerprint density at radius 3 is 2.65 bits per heavy atom. The molecule has 8 nitrogen and oxygen atoms in total. The molecule has 4 heterocycles. The van der Waals surface area contributed by atoms with E-state index >= 15 is 0 Å². The number of hydrogen-bond donors (Lipinski definition) is 1. The number of rotatable bonds is 5. The quantitative estimate of drug-likeness (QED) is 0.209. The first-order valence-corrected chi connectivity index (χ1v) is 11.3. The Labute approximate surface area is 207 Å². The minimum absolute atomic E-state index is 0.0618. The normalized spacial score (nSPS) is 11.4. The van der Waals surface area contributed by atoms with Crippen molar-refractivity contribution in [1.82, 2.24) is 19.5 Å². The fourth-order valence-corrected chi connectivity index (χ4v) is 3.92. The summed E-state index contributed by atoms with van der Waals surface area (Å²) >= 11 is 17.5. The fourth-order valence-electron chi connectivity index (χ4n) is 3.63. The molecule has 1 aromatic carbocycles. The summed E-state index contributed by atoms with van der Waals surface area (Å²) in [7, 11) is 0. The zero-order valence-corrected chi connectivity index (χ0v) is 19.5. The van der Waals surface area contributed by atoms with Crippen LogP contribution in [0.1, 0.15) is 16.3 Å². The summed E-state index contributed by atoms with van der Waals surface area (Å²) in [4.78, 5) is 20.7. The van der Waals surface area contributed by atoms with E-state index in [1.165, 1.54) is 4.40 Å². The lowest BCUT2D eigenvalue weighted by atomic mass is 10.0. The van der Waals surface area contributed by atoms with Crippen LogP contribution in [0.5, 0.6) is 5.88 Å². The number of halogens is 3. The highest BCUT2D eigenvalue weighted by Gasteiger charge is 2.26. The summed E-state index contributed by atoms with van der Waals surface area (Å²) < 4.78 is 8.17. The molecular weight excluding hydrogens is 501 g/mol. The van der Waals surface area contributed by atoms with Gasteiger partial charge in [0.25, 0.3) is 17.4 Å². The number of fused-ring (bicyclic) bond motifs is 1. The van der Waals surface area contributed by atoms with Crippen LogP contribution in [0.2, 0.25) is 5.15 Å². The first-order chi connectivity index (χ1) is 16.4. The molecule has 0 aliphatic rings. The van der Waals surface area contributed by atoms with E-state index in [1.54, 1.807) is 71.6 Å². The first kappa shape index (κ1) is 22.3. The van der Waals surface area contributed by atoms with Crippen molar-refractivity contribution in [2.75, 3.05) is 0 Å². The molecule has 0 fully saturated rings. The van der Waals surface area contributed by atoms with Crippen molar-refractivity contribution in [3.63, 3.8) is 0 Å². The van der Waals surface area contributed by atoms with Gasteiger partial charge in [-0.15, -0.1) is 0 Å². The van der Waals surface area contributed by atoms with E-state index in [-0.39, 0.29) is 35.3 Å². The second-order valence-corrected chi connectivity index (χ2v) is 8.83. The predicted octanol–water partition coefficient (Wildman–Crippen LogP) is 4.58. The van der Waals surface area contributed by atoms with Gasteiger partial charge in [-0.3, -0.25) is 0 Å². The van der Waals surface area contributed by atoms with E-state index in [0.717, 1.165) is 5.56 Å². The number of alkyl halides is 2. The third-order valence-electron chi connectivity index (χ3n) is 5.19. The lowest BCUT2D eigenvalue weighted by molar-refractivity contribution is -0.671. The van der Waals surface area contributed by atoms with Crippen molar-refractivity contribution in [1.29, 1.82) is 0 Å². The van der Waals surface area contributed by atoms with Crippen LogP contribution in [0.4, 0.5) is 0 Å². The molecule has 4 aromatic heterocycles. The lowest BCUT2D eigenvalue weighted by Crippen LogP contribution is -2.41. The Balaban J connectivity index is 1.68. The number of hydrogen-bond acceptors (Lipinski definition) is 6. The number of benzene rings is 1. The number of nitrogens with zero attached hydrogens (tertiary/aromatic N) is 5. The first-order valence-electron chi connectivity index (χ1n) is 10.0. The Kier molecular flexibility index (Phi) is 5.95. The predicted molar refractivity (Wildman–Crippen MR) is 127 cm³/mol. The van der Waals surface area contributed by atoms with Crippen molar-refractivity contribution in [2.45, 2.75) is 11.4 Å². The minimum atomic E-state index is -0.958. The molecule has 0 radical (unpaired) electrons. The van der Waals surface area contributed by atoms with Gasteiger partial charge < -0.3 is 9.63 Å². The summed E-state index contributed by atoms with van der Waals surface area (Å²) in [6.45, 7) is 0.261. The zero-order valence-electron chi connectivity index (χ0n) is 17.3. The average molecular weight is 516 g/mol. The Hall–Kier alpha value is -3.46. The van der Waals surface area contributed by atoms with Crippen LogP contribution in [0.25, 0.3) is 28.2 Å². The Morgan fingerprint density at radius 2 is 1.91 bits per heavy atom. The molecule has 0 spiro atoms. The SMILES string of the molecule is O=c1c(-c2cccc(-c3noc(C(Cl)Cl)n3)c2)c(O)[n+](Cc2ccc(Cl)nc2)c2ccccn12. The molecule has 0 bridgehead atoms. The van der Waals surface area contributed by atoms with Gasteiger partial charge >= 0.3 is 5.56 Å². The molecule has 0 amide bonds. The molecule has 0 unspecified atom stereocenters. The van der Waals surface area contributed by atoms with E-state index in [4.69, 9.17) is 39.3 Å². The van der Waals surface area contributed by atoms with Crippen LogP contribution in [-0.4, -0.2) is 24.6 Å². The molecule has 170 valence electrons. The summed E-state index contributed by atoms with van der Waals surface area (Å²) in [5, 5.41) is 15.6. The third-order valence-corrected chi connectivity index (χ3v) is 5.79. The van der Waals surface area contributed by atoms with Gasteiger partial charge in [0, 0.05) is 23.4 Å². The van der Waals surface area contributed by atoms with Gasteiger partial charge in [0.2, 0.25) is 5.82 Å². The number of aromatic hydroxyl groups is 1. The molecule has 5 aromatic rings. The van der Waals surface area contributed by atoms with E-state index in [9.17, 15) is 9.90 Å². The molecular formula is C23H15Cl3N5O3+. The molecule has 0 saturated carbocycles. The highest BCUT2D eigenvalue weighted by atomic mass is 35.5. The highest BCUT2D eigenvalue weighted by molar-refractivity contribution is 6.43. The zero-order chi connectivity index (χ0) is 23.8. The van der Waals surface area contributed by atoms with Crippen LogP contribution in [0.3, 0.4) is 0 Å². The van der Waals surface area contributed by atoms with E-state index in [2.05, 4.69) is 15.1 Å². The maximum absolute atomic E-state index is 13.4. The maximum Gasteiger partial charge on any atom is 0.354 e. The molecule has 0 atom stereocenters. The molecule has 0 saturated heterocycles. The second-order valence-electron chi connectivity index (χ2n) is 7.35. The molecule has 1 N–H and O–H groups in total. The van der Waals surface area contributed by atoms with Crippen LogP contribution in [0, 0.1) is 0 Å². The largest absolute Gasteiger partial charge is 0.477 e. The summed E-state index contributed by atoms with van der Waals surface area (Å²) in [5.41, 5.74) is 2.07. The topological polar surface area (TPSA) is 97.4 Å². The van der Waals surface area contributed by atoms with Gasteiger partial charge in [0.15, 0.2) is 10.4 Å². The second kappa shape index (κ2) is 9.06. The van der Waals surface area contributed by atoms with Gasteiger partial charge in [-0.2, -0.15) is 14.0 Å². The van der Waals surface area contributed by atoms with Gasteiger partial charge in [-0.1, -0.05) is 70.3 Å². The van der Waals surface area contributed by atoms with Gasteiger partial charge in [-0.25, -0.2) is 9.78 Å². The van der Waals surface area contributed by atoms with Crippen LogP contribution < -0.4 is 10.1 Å². The monoisotopic (exact) mass is 514 g/mol. The Morgan fingerprint density at radius 1 is 1.09 bits per heavy atom. The van der Waals surface area contributed by atoms with E-state index < -0.39 is 4.84 Å². The molecule has 0 aliphatic heterocycles. The summed E-state index contributed by atoms with van der Waals surface area (Å²) in [6.07, 6.45) is 3.27. The Bertz CT molecular complexity index is 1560. The molecule has 34 heavy (non-hydrogen) atoms.